The quantitative estimate of drug-likeness (QED) is 0.0862. The molecule has 0 unspecified atom stereocenters. The summed E-state index contributed by atoms with van der Waals surface area (Å²) in [7, 11) is 0. The second kappa shape index (κ2) is 39.2. The number of rotatable bonds is 16. The molecule has 0 aliphatic rings. The zero-order valence-electron chi connectivity index (χ0n) is 79.3. The summed E-state index contributed by atoms with van der Waals surface area (Å²) >= 11 is 0. The zero-order valence-corrected chi connectivity index (χ0v) is 79.3. The second-order valence-electron chi connectivity index (χ2n) is 36.6. The lowest BCUT2D eigenvalue weighted by Gasteiger charge is -2.13. The number of para-hydroxylation sites is 1. The van der Waals surface area contributed by atoms with Crippen LogP contribution in [0.2, 0.25) is 0 Å². The van der Waals surface area contributed by atoms with E-state index in [1.807, 2.05) is 133 Å². The minimum atomic E-state index is 0.637. The van der Waals surface area contributed by atoms with Crippen LogP contribution in [0.3, 0.4) is 0 Å². The van der Waals surface area contributed by atoms with Crippen molar-refractivity contribution in [3.8, 4) is 181 Å². The molecule has 27 aromatic rings. The number of aromatic nitrogens is 10. The van der Waals surface area contributed by atoms with Gasteiger partial charge in [-0.2, -0.15) is 0 Å². The summed E-state index contributed by atoms with van der Waals surface area (Å²) in [4.78, 5) is 49.8. The van der Waals surface area contributed by atoms with Crippen molar-refractivity contribution < 1.29 is 0 Å². The third kappa shape index (κ3) is 18.3. The molecule has 682 valence electrons. The first-order valence-electron chi connectivity index (χ1n) is 49.1. The van der Waals surface area contributed by atoms with E-state index in [2.05, 4.69) is 400 Å². The van der Waals surface area contributed by atoms with Gasteiger partial charge in [-0.1, -0.05) is 473 Å². The first kappa shape index (κ1) is 87.8. The Balaban J connectivity index is 0.000000115. The van der Waals surface area contributed by atoms with Crippen molar-refractivity contribution in [1.29, 1.82) is 0 Å². The predicted octanol–water partition coefficient (Wildman–Crippen LogP) is 34.9. The summed E-state index contributed by atoms with van der Waals surface area (Å²) in [6.45, 7) is 0. The molecule has 0 atom stereocenters. The average Bonchev–Trinajstić information content (AvgIpc) is 0.761. The summed E-state index contributed by atoms with van der Waals surface area (Å²) in [5.41, 5.74) is 25.7. The normalized spacial score (nSPS) is 11.3. The summed E-state index contributed by atoms with van der Waals surface area (Å²) in [5.74, 6) is 5.84. The molecule has 10 heteroatoms. The molecule has 0 fully saturated rings. The van der Waals surface area contributed by atoms with E-state index in [4.69, 9.17) is 49.8 Å². The lowest BCUT2D eigenvalue weighted by Crippen LogP contribution is -2.00. The van der Waals surface area contributed by atoms with E-state index in [0.29, 0.717) is 52.4 Å². The molecule has 27 rings (SSSR count). The van der Waals surface area contributed by atoms with Crippen LogP contribution in [0.15, 0.2) is 534 Å². The fourth-order valence-electron chi connectivity index (χ4n) is 19.6. The van der Waals surface area contributed by atoms with Crippen LogP contribution in [0.5, 0.6) is 0 Å². The van der Waals surface area contributed by atoms with Crippen molar-refractivity contribution in [2.45, 2.75) is 0 Å². The minimum Gasteiger partial charge on any atom is -0.247 e. The molecule has 23 aromatic carbocycles. The zero-order chi connectivity index (χ0) is 97.0. The molecule has 0 N–H and O–H groups in total. The van der Waals surface area contributed by atoms with Gasteiger partial charge in [0.2, 0.25) is 0 Å². The highest BCUT2D eigenvalue weighted by molar-refractivity contribution is 6.11. The molecule has 4 heterocycles. The van der Waals surface area contributed by atoms with Crippen LogP contribution in [0.4, 0.5) is 0 Å². The Labute approximate surface area is 844 Å². The van der Waals surface area contributed by atoms with Crippen molar-refractivity contribution in [2.24, 2.45) is 0 Å². The van der Waals surface area contributed by atoms with Crippen LogP contribution in [-0.2, 0) is 0 Å². The Morgan fingerprint density at radius 2 is 0.301 bits per heavy atom. The number of pyridine rings is 1. The highest BCUT2D eigenvalue weighted by atomic mass is 15.1. The molecule has 0 amide bonds. The maximum absolute atomic E-state index is 5.12. The Hall–Kier alpha value is -19.7. The Morgan fingerprint density at radius 1 is 0.0959 bits per heavy atom. The largest absolute Gasteiger partial charge is 0.247 e. The first-order chi connectivity index (χ1) is 72.2. The summed E-state index contributed by atoms with van der Waals surface area (Å²) < 4.78 is 0. The molecule has 146 heavy (non-hydrogen) atoms. The van der Waals surface area contributed by atoms with Crippen molar-refractivity contribution in [2.75, 3.05) is 0 Å². The van der Waals surface area contributed by atoms with E-state index in [-0.39, 0.29) is 0 Å². The maximum atomic E-state index is 5.12. The van der Waals surface area contributed by atoms with Gasteiger partial charge in [-0.15, -0.1) is 0 Å². The van der Waals surface area contributed by atoms with Gasteiger partial charge in [-0.3, -0.25) is 0 Å². The van der Waals surface area contributed by atoms with Gasteiger partial charge >= 0.3 is 0 Å². The minimum absolute atomic E-state index is 0.637. The molecule has 0 saturated heterocycles. The van der Waals surface area contributed by atoms with Gasteiger partial charge in [0.15, 0.2) is 52.4 Å². The molecule has 0 radical (unpaired) electrons. The Kier molecular flexibility index (Phi) is 23.6. The summed E-state index contributed by atoms with van der Waals surface area (Å²) in [6.07, 6.45) is 0. The van der Waals surface area contributed by atoms with Gasteiger partial charge in [-0.25, -0.2) is 49.8 Å². The van der Waals surface area contributed by atoms with Crippen LogP contribution in [0, 0.1) is 0 Å². The monoisotopic (exact) mass is 1860 g/mol. The molecular formula is C136H88N10. The van der Waals surface area contributed by atoms with Crippen LogP contribution >= 0.6 is 0 Å². The van der Waals surface area contributed by atoms with Gasteiger partial charge in [0.25, 0.3) is 0 Å². The van der Waals surface area contributed by atoms with Crippen LogP contribution < -0.4 is 0 Å². The van der Waals surface area contributed by atoms with Crippen LogP contribution in [0.25, 0.3) is 267 Å². The van der Waals surface area contributed by atoms with E-state index in [1.54, 1.807) is 0 Å². The number of benzene rings is 23. The van der Waals surface area contributed by atoms with E-state index >= 15 is 0 Å². The van der Waals surface area contributed by atoms with E-state index < -0.39 is 0 Å². The topological polar surface area (TPSA) is 129 Å². The van der Waals surface area contributed by atoms with Gasteiger partial charge in [0.05, 0.1) is 11.2 Å². The lowest BCUT2D eigenvalue weighted by atomic mass is 9.93. The third-order valence-corrected chi connectivity index (χ3v) is 27.3. The van der Waals surface area contributed by atoms with E-state index in [1.165, 1.54) is 98.2 Å². The first-order valence-corrected chi connectivity index (χ1v) is 49.1. The van der Waals surface area contributed by atoms with Crippen molar-refractivity contribution >= 4 is 86.3 Å². The Bertz CT molecular complexity index is 9460. The molecule has 4 aromatic heterocycles. The number of nitrogens with zero attached hydrogens (tertiary/aromatic N) is 10. The smallest absolute Gasteiger partial charge is 0.164 e. The average molecular weight is 1860 g/mol. The fraction of sp³-hybridized carbons (Fsp3) is 0. The van der Waals surface area contributed by atoms with Crippen molar-refractivity contribution in [3.05, 3.63) is 534 Å². The van der Waals surface area contributed by atoms with Gasteiger partial charge in [0.1, 0.15) is 0 Å². The van der Waals surface area contributed by atoms with Crippen LogP contribution in [0.1, 0.15) is 0 Å². The number of hydrogen-bond donors (Lipinski definition) is 0. The third-order valence-electron chi connectivity index (χ3n) is 27.3. The Morgan fingerprint density at radius 3 is 0.671 bits per heavy atom. The van der Waals surface area contributed by atoms with Crippen molar-refractivity contribution in [3.63, 3.8) is 0 Å². The van der Waals surface area contributed by atoms with Gasteiger partial charge in [-0.05, 0) is 197 Å². The maximum Gasteiger partial charge on any atom is 0.164 e. The lowest BCUT2D eigenvalue weighted by molar-refractivity contribution is 1.07. The second-order valence-corrected chi connectivity index (χ2v) is 36.6. The highest BCUT2D eigenvalue weighted by Gasteiger charge is 2.22. The van der Waals surface area contributed by atoms with E-state index in [9.17, 15) is 0 Å². The molecular weight excluding hydrogens is 1770 g/mol. The van der Waals surface area contributed by atoms with Gasteiger partial charge in [0, 0.05) is 66.4 Å². The molecule has 10 nitrogen and oxygen atoms in total. The van der Waals surface area contributed by atoms with Crippen LogP contribution in [-0.4, -0.2) is 49.8 Å². The number of hydrogen-bond acceptors (Lipinski definition) is 10. The molecule has 0 aliphatic heterocycles. The summed E-state index contributed by atoms with van der Waals surface area (Å²) in [6, 6.07) is 187. The molecule has 0 bridgehead atoms. The summed E-state index contributed by atoms with van der Waals surface area (Å²) in [5, 5.41) is 17.9. The standard InChI is InChI=1S/C51H33N3.C44H28N4.C41H27N3/c1-2-8-34(9-3-1)43-25-26-46-33-48(29-27-45(46)31-43)51-53-49(52-50(54-51)47-28-21-36-11-5-7-13-42(36)32-47)40-22-18-38(19-23-40)37-14-16-39(17-15-37)44-24-20-35-10-4-6-12-41(35)30-44;1-3-13-31(14-4-1)42-46-43(32-15-5-2-6-16-32)48-44(47-42)34-27-33-17-7-8-18-35(33)39(28-34)29-23-25-30(26-24-29)41-38-21-10-9-19-36(38)37-20-11-12-22-40(37)45-41;1-3-10-30(11-4-1)39-42-40(31-12-5-2-6-13-31)44-41(43-39)32-18-15-29(16-19-32)34-21-22-37-27-38(24-23-36(37)26-34)35-20-17-28-9-7-8-14-33(28)25-35/h1-33H;1-28H;1-27H. The SMILES string of the molecule is c1ccc(-c2ccc3cc(-c4nc(-c5ccc(-c6ccc(-c7ccc8ccccc8c7)cc6)cc5)nc(-c5ccc6ccccc6c5)n4)ccc3c2)cc1.c1ccc(-c2nc(-c3ccccc3)nc(-c3cc(-c4ccc(-c5nc6ccccc6c6ccccc56)cc4)c4ccccc4c3)n2)cc1.c1ccc(-c2nc(-c3ccccc3)nc(-c3ccc(-c4ccc5cc(-c6ccc7ccccc7c6)ccc5c4)cc3)n2)cc1. The van der Waals surface area contributed by atoms with Gasteiger partial charge < -0.3 is 0 Å². The van der Waals surface area contributed by atoms with Crippen molar-refractivity contribution in [1.82, 2.24) is 49.8 Å². The molecule has 0 saturated carbocycles. The molecule has 0 spiro atoms. The predicted molar refractivity (Wildman–Crippen MR) is 604 cm³/mol. The fourth-order valence-corrected chi connectivity index (χ4v) is 19.6. The van der Waals surface area contributed by atoms with E-state index in [0.717, 1.165) is 116 Å². The molecule has 0 aliphatic carbocycles. The number of fused-ring (bicyclic) bond motifs is 9. The highest BCUT2D eigenvalue weighted by Crippen LogP contribution is 2.42.